The van der Waals surface area contributed by atoms with Gasteiger partial charge in [0.1, 0.15) is 5.75 Å². The third-order valence-corrected chi connectivity index (χ3v) is 8.52. The van der Waals surface area contributed by atoms with E-state index in [0.29, 0.717) is 11.5 Å². The van der Waals surface area contributed by atoms with Gasteiger partial charge >= 0.3 is 0 Å². The first-order valence-electron chi connectivity index (χ1n) is 10.5. The van der Waals surface area contributed by atoms with Crippen molar-refractivity contribution in [3.8, 4) is 17.2 Å². The largest absolute Gasteiger partial charge is 0.497 e. The van der Waals surface area contributed by atoms with Gasteiger partial charge in [-0.1, -0.05) is 6.07 Å². The van der Waals surface area contributed by atoms with Gasteiger partial charge in [0.05, 0.1) is 26.2 Å². The molecule has 1 saturated heterocycles. The average molecular weight is 483 g/mol. The SMILES string of the molecule is COc1ccc2c(c1)CCN1CCC(N(C)S(=O)(=O)c3ccc(OC)c(OC)c3)CC21.Cl. The Morgan fingerprint density at radius 2 is 1.72 bits per heavy atom. The molecule has 0 N–H and O–H groups in total. The molecular formula is C23H31ClN2O5S. The standard InChI is InChI=1S/C23H30N2O5S.ClH/c1-24(31(26,27)19-6-8-22(29-3)23(15-19)30-4)17-10-12-25-11-9-16-13-18(28-2)5-7-20(16)21(25)14-17;/h5-8,13,15,17,21H,9-12,14H2,1-4H3;1H. The maximum Gasteiger partial charge on any atom is 0.243 e. The first kappa shape index (κ1) is 24.6. The molecule has 1 fully saturated rings. The highest BCUT2D eigenvalue weighted by molar-refractivity contribution is 7.89. The molecule has 2 aromatic carbocycles. The molecule has 7 nitrogen and oxygen atoms in total. The van der Waals surface area contributed by atoms with E-state index in [1.807, 2.05) is 6.07 Å². The van der Waals surface area contributed by atoms with E-state index in [0.717, 1.165) is 38.1 Å². The predicted octanol–water partition coefficient (Wildman–Crippen LogP) is 3.52. The van der Waals surface area contributed by atoms with E-state index >= 15 is 0 Å². The van der Waals surface area contributed by atoms with Crippen LogP contribution in [0.3, 0.4) is 0 Å². The molecule has 0 spiro atoms. The Morgan fingerprint density at radius 3 is 2.41 bits per heavy atom. The number of hydrogen-bond acceptors (Lipinski definition) is 6. The zero-order valence-corrected chi connectivity index (χ0v) is 20.5. The lowest BCUT2D eigenvalue weighted by Gasteiger charge is -2.45. The highest BCUT2D eigenvalue weighted by atomic mass is 35.5. The van der Waals surface area contributed by atoms with Gasteiger partial charge in [-0.25, -0.2) is 8.42 Å². The normalized spacial score (nSPS) is 20.7. The molecule has 0 aliphatic carbocycles. The van der Waals surface area contributed by atoms with Gasteiger partial charge in [-0.3, -0.25) is 4.90 Å². The molecule has 2 aromatic rings. The minimum atomic E-state index is -3.66. The summed E-state index contributed by atoms with van der Waals surface area (Å²) in [5.74, 6) is 1.78. The van der Waals surface area contributed by atoms with E-state index < -0.39 is 10.0 Å². The van der Waals surface area contributed by atoms with Crippen LogP contribution >= 0.6 is 12.4 Å². The van der Waals surface area contributed by atoms with Crippen molar-refractivity contribution in [1.29, 1.82) is 0 Å². The Balaban J connectivity index is 0.00000289. The Labute approximate surface area is 196 Å². The van der Waals surface area contributed by atoms with Crippen LogP contribution < -0.4 is 14.2 Å². The fourth-order valence-electron chi connectivity index (χ4n) is 4.77. The van der Waals surface area contributed by atoms with Gasteiger partial charge in [0.2, 0.25) is 10.0 Å². The lowest BCUT2D eigenvalue weighted by molar-refractivity contribution is 0.0968. The second-order valence-corrected chi connectivity index (χ2v) is 10.1. The van der Waals surface area contributed by atoms with Gasteiger partial charge in [-0.05, 0) is 54.7 Å². The third kappa shape index (κ3) is 4.41. The lowest BCUT2D eigenvalue weighted by atomic mass is 9.85. The first-order valence-corrected chi connectivity index (χ1v) is 11.9. The number of ether oxygens (including phenoxy) is 3. The molecule has 176 valence electrons. The maximum atomic E-state index is 13.4. The number of methoxy groups -OCH3 is 3. The van der Waals surface area contributed by atoms with Crippen LogP contribution in [-0.4, -0.2) is 65.1 Å². The molecular weight excluding hydrogens is 452 g/mol. The van der Waals surface area contributed by atoms with Crippen molar-refractivity contribution in [3.05, 3.63) is 47.5 Å². The van der Waals surface area contributed by atoms with Gasteiger partial charge in [-0.15, -0.1) is 12.4 Å². The summed E-state index contributed by atoms with van der Waals surface area (Å²) in [7, 11) is 2.74. The van der Waals surface area contributed by atoms with Crippen LogP contribution in [0.25, 0.3) is 0 Å². The van der Waals surface area contributed by atoms with Crippen molar-refractivity contribution in [2.45, 2.75) is 36.2 Å². The van der Waals surface area contributed by atoms with Gasteiger partial charge in [0.25, 0.3) is 0 Å². The van der Waals surface area contributed by atoms with E-state index in [1.165, 1.54) is 35.7 Å². The van der Waals surface area contributed by atoms with Gasteiger partial charge < -0.3 is 14.2 Å². The van der Waals surface area contributed by atoms with Gasteiger partial charge in [0.15, 0.2) is 11.5 Å². The topological polar surface area (TPSA) is 68.3 Å². The molecule has 2 aliphatic rings. The van der Waals surface area contributed by atoms with Crippen molar-refractivity contribution >= 4 is 22.4 Å². The number of nitrogens with zero attached hydrogens (tertiary/aromatic N) is 2. The maximum absolute atomic E-state index is 13.4. The Kier molecular flexibility index (Phi) is 7.60. The first-order chi connectivity index (χ1) is 14.9. The number of rotatable bonds is 6. The molecule has 0 aromatic heterocycles. The summed E-state index contributed by atoms with van der Waals surface area (Å²) in [6.45, 7) is 1.87. The quantitative estimate of drug-likeness (QED) is 0.627. The van der Waals surface area contributed by atoms with Gasteiger partial charge in [-0.2, -0.15) is 4.31 Å². The number of hydrogen-bond donors (Lipinski definition) is 0. The van der Waals surface area contributed by atoms with Crippen LogP contribution in [0, 0.1) is 0 Å². The average Bonchev–Trinajstić information content (AvgIpc) is 2.82. The van der Waals surface area contributed by atoms with Crippen LogP contribution in [0.15, 0.2) is 41.3 Å². The lowest BCUT2D eigenvalue weighted by Crippen LogP contribution is -2.48. The third-order valence-electron chi connectivity index (χ3n) is 6.61. The van der Waals surface area contributed by atoms with Crippen LogP contribution in [-0.2, 0) is 16.4 Å². The predicted molar refractivity (Wildman–Crippen MR) is 126 cm³/mol. The highest BCUT2D eigenvalue weighted by Crippen LogP contribution is 2.40. The molecule has 4 rings (SSSR count). The number of fused-ring (bicyclic) bond motifs is 3. The number of piperidine rings is 1. The number of halogens is 1. The van der Waals surface area contributed by atoms with Crippen molar-refractivity contribution in [3.63, 3.8) is 0 Å². The van der Waals surface area contributed by atoms with E-state index in [1.54, 1.807) is 26.3 Å². The van der Waals surface area contributed by atoms with E-state index in [2.05, 4.69) is 17.0 Å². The summed E-state index contributed by atoms with van der Waals surface area (Å²) in [6.07, 6.45) is 2.57. The molecule has 2 atom stereocenters. The fraction of sp³-hybridized carbons (Fsp3) is 0.478. The number of benzene rings is 2. The Morgan fingerprint density at radius 1 is 0.969 bits per heavy atom. The van der Waals surface area contributed by atoms with Crippen LogP contribution in [0.2, 0.25) is 0 Å². The summed E-state index contributed by atoms with van der Waals surface area (Å²) in [4.78, 5) is 2.69. The zero-order valence-electron chi connectivity index (χ0n) is 18.9. The number of sulfonamides is 1. The molecule has 32 heavy (non-hydrogen) atoms. The zero-order chi connectivity index (χ0) is 22.2. The fourth-order valence-corrected chi connectivity index (χ4v) is 6.18. The molecule has 0 saturated carbocycles. The Hall–Kier alpha value is -2.00. The molecule has 0 bridgehead atoms. The van der Waals surface area contributed by atoms with Crippen molar-refractivity contribution in [1.82, 2.24) is 9.21 Å². The summed E-state index contributed by atoms with van der Waals surface area (Å²) < 4.78 is 44.2. The van der Waals surface area contributed by atoms with Crippen molar-refractivity contribution in [2.24, 2.45) is 0 Å². The van der Waals surface area contributed by atoms with Crippen LogP contribution in [0.1, 0.15) is 30.0 Å². The van der Waals surface area contributed by atoms with E-state index in [9.17, 15) is 8.42 Å². The van der Waals surface area contributed by atoms with Crippen molar-refractivity contribution in [2.75, 3.05) is 41.5 Å². The molecule has 9 heteroatoms. The van der Waals surface area contributed by atoms with Crippen LogP contribution in [0.5, 0.6) is 17.2 Å². The molecule has 2 aliphatic heterocycles. The summed E-state index contributed by atoms with van der Waals surface area (Å²) in [6, 6.07) is 11.1. The van der Waals surface area contributed by atoms with Crippen molar-refractivity contribution < 1.29 is 22.6 Å². The minimum absolute atomic E-state index is 0. The highest BCUT2D eigenvalue weighted by Gasteiger charge is 2.38. The summed E-state index contributed by atoms with van der Waals surface area (Å²) >= 11 is 0. The van der Waals surface area contributed by atoms with E-state index in [4.69, 9.17) is 14.2 Å². The molecule has 2 unspecified atom stereocenters. The Bertz CT molecular complexity index is 1060. The monoisotopic (exact) mass is 482 g/mol. The summed E-state index contributed by atoms with van der Waals surface area (Å²) in [5.41, 5.74) is 2.58. The summed E-state index contributed by atoms with van der Waals surface area (Å²) in [5, 5.41) is 0. The van der Waals surface area contributed by atoms with E-state index in [-0.39, 0.29) is 29.4 Å². The smallest absolute Gasteiger partial charge is 0.243 e. The van der Waals surface area contributed by atoms with Crippen LogP contribution in [0.4, 0.5) is 0 Å². The minimum Gasteiger partial charge on any atom is -0.497 e. The second kappa shape index (κ2) is 9.87. The molecule has 0 radical (unpaired) electrons. The van der Waals surface area contributed by atoms with Gasteiger partial charge in [0, 0.05) is 38.3 Å². The second-order valence-electron chi connectivity index (χ2n) is 8.08. The molecule has 0 amide bonds. The molecule has 2 heterocycles.